The molecule has 0 spiro atoms. The lowest BCUT2D eigenvalue weighted by molar-refractivity contribution is -0.162. The highest BCUT2D eigenvalue weighted by atomic mass is 16.5. The van der Waals surface area contributed by atoms with E-state index in [0.29, 0.717) is 29.5 Å². The molecule has 29 heavy (non-hydrogen) atoms. The molecule has 0 radical (unpaired) electrons. The van der Waals surface area contributed by atoms with E-state index in [4.69, 9.17) is 4.74 Å². The molecule has 4 fully saturated rings. The number of esters is 1. The van der Waals surface area contributed by atoms with Crippen LogP contribution in [0.2, 0.25) is 0 Å². The zero-order valence-corrected chi connectivity index (χ0v) is 18.6. The van der Waals surface area contributed by atoms with E-state index >= 15 is 0 Å². The van der Waals surface area contributed by atoms with Crippen LogP contribution in [0.15, 0.2) is 12.7 Å². The van der Waals surface area contributed by atoms with Crippen molar-refractivity contribution in [2.45, 2.75) is 103 Å². The summed E-state index contributed by atoms with van der Waals surface area (Å²) in [6, 6.07) is 0. The van der Waals surface area contributed by atoms with Crippen LogP contribution in [0.4, 0.5) is 0 Å². The standard InChI is InChI=1S/C26H40O3/c1-4-5-6-7-8-24(28)29-19-13-15-25(2)18(17-19)9-10-20-21-11-12-23(27)26(21,3)16-14-22(20)25/h4,18-22H,1,5-17H2,2-3H3/t18-,19+,20+,21+,22+,25+,26+/m1/s1. The van der Waals surface area contributed by atoms with E-state index in [1.165, 1.54) is 25.7 Å². The number of ether oxygens (including phenoxy) is 1. The van der Waals surface area contributed by atoms with Crippen molar-refractivity contribution in [1.82, 2.24) is 0 Å². The van der Waals surface area contributed by atoms with Crippen molar-refractivity contribution >= 4 is 11.8 Å². The van der Waals surface area contributed by atoms with E-state index in [-0.39, 0.29) is 17.5 Å². The van der Waals surface area contributed by atoms with Gasteiger partial charge in [-0.2, -0.15) is 0 Å². The Bertz CT molecular complexity index is 654. The van der Waals surface area contributed by atoms with Gasteiger partial charge in [-0.15, -0.1) is 6.58 Å². The average Bonchev–Trinajstić information content (AvgIpc) is 3.00. The Morgan fingerprint density at radius 2 is 1.93 bits per heavy atom. The molecule has 0 aliphatic heterocycles. The molecular formula is C26H40O3. The fourth-order valence-corrected chi connectivity index (χ4v) is 7.90. The SMILES string of the molecule is C=CCCCCC(=O)O[C@H]1CC[C@@]2(C)[C@H](CC[C@@H]3[C@@H]2CC[C@]2(C)C(=O)CC[C@@H]32)C1. The maximum atomic E-state index is 12.6. The van der Waals surface area contributed by atoms with Gasteiger partial charge in [0.2, 0.25) is 0 Å². The lowest BCUT2D eigenvalue weighted by Crippen LogP contribution is -2.54. The van der Waals surface area contributed by atoms with Crippen LogP contribution < -0.4 is 0 Å². The zero-order chi connectivity index (χ0) is 20.6. The molecule has 3 nitrogen and oxygen atoms in total. The molecule has 4 aliphatic carbocycles. The van der Waals surface area contributed by atoms with E-state index in [2.05, 4.69) is 20.4 Å². The van der Waals surface area contributed by atoms with E-state index in [1.54, 1.807) is 0 Å². The number of allylic oxidation sites excluding steroid dienone is 1. The molecule has 162 valence electrons. The van der Waals surface area contributed by atoms with Crippen molar-refractivity contribution < 1.29 is 14.3 Å². The van der Waals surface area contributed by atoms with Gasteiger partial charge in [-0.05, 0) is 99.7 Å². The first-order chi connectivity index (χ1) is 13.9. The van der Waals surface area contributed by atoms with Crippen LogP contribution in [0.25, 0.3) is 0 Å². The van der Waals surface area contributed by atoms with Crippen molar-refractivity contribution in [2.24, 2.45) is 34.5 Å². The molecule has 3 heteroatoms. The third kappa shape index (κ3) is 3.72. The van der Waals surface area contributed by atoms with E-state index in [9.17, 15) is 9.59 Å². The Kier molecular flexibility index (Phi) is 5.97. The van der Waals surface area contributed by atoms with Gasteiger partial charge in [0.05, 0.1) is 0 Å². The molecule has 0 amide bonds. The Morgan fingerprint density at radius 3 is 2.72 bits per heavy atom. The largest absolute Gasteiger partial charge is 0.462 e. The predicted molar refractivity (Wildman–Crippen MR) is 115 cm³/mol. The molecule has 0 bridgehead atoms. The first-order valence-corrected chi connectivity index (χ1v) is 12.2. The third-order valence-corrected chi connectivity index (χ3v) is 9.66. The monoisotopic (exact) mass is 400 g/mol. The van der Waals surface area contributed by atoms with Gasteiger partial charge in [-0.3, -0.25) is 9.59 Å². The fourth-order valence-electron chi connectivity index (χ4n) is 7.90. The molecule has 0 N–H and O–H groups in total. The van der Waals surface area contributed by atoms with Crippen molar-refractivity contribution in [1.29, 1.82) is 0 Å². The second-order valence-corrected chi connectivity index (χ2v) is 11.0. The van der Waals surface area contributed by atoms with E-state index in [1.807, 2.05) is 6.08 Å². The second-order valence-electron chi connectivity index (χ2n) is 11.0. The number of ketones is 1. The van der Waals surface area contributed by atoms with Crippen LogP contribution in [0.3, 0.4) is 0 Å². The van der Waals surface area contributed by atoms with Gasteiger partial charge in [0.25, 0.3) is 0 Å². The molecule has 0 unspecified atom stereocenters. The smallest absolute Gasteiger partial charge is 0.306 e. The Balaban J connectivity index is 1.36. The minimum absolute atomic E-state index is 0.00532. The summed E-state index contributed by atoms with van der Waals surface area (Å²) < 4.78 is 5.89. The predicted octanol–water partition coefficient (Wildman–Crippen LogP) is 6.26. The summed E-state index contributed by atoms with van der Waals surface area (Å²) in [6.07, 6.45) is 15.6. The van der Waals surface area contributed by atoms with Crippen molar-refractivity contribution in [2.75, 3.05) is 0 Å². The highest BCUT2D eigenvalue weighted by molar-refractivity contribution is 5.87. The summed E-state index contributed by atoms with van der Waals surface area (Å²) >= 11 is 0. The maximum absolute atomic E-state index is 12.6. The van der Waals surface area contributed by atoms with Crippen LogP contribution in [-0.4, -0.2) is 17.9 Å². The molecule has 7 atom stereocenters. The normalized spacial score (nSPS) is 43.8. The van der Waals surface area contributed by atoms with Crippen LogP contribution >= 0.6 is 0 Å². The number of unbranched alkanes of at least 4 members (excludes halogenated alkanes) is 2. The van der Waals surface area contributed by atoms with Crippen molar-refractivity contribution in [3.05, 3.63) is 12.7 Å². The molecule has 0 heterocycles. The number of carbonyl (C=O) groups excluding carboxylic acids is 2. The summed E-state index contributed by atoms with van der Waals surface area (Å²) in [5.41, 5.74) is 0.353. The molecule has 4 aliphatic rings. The number of hydrogen-bond donors (Lipinski definition) is 0. The molecule has 0 aromatic carbocycles. The number of Topliss-reactive ketones (excluding diaryl/α,β-unsaturated/α-hetero) is 1. The highest BCUT2D eigenvalue weighted by Gasteiger charge is 2.60. The highest BCUT2D eigenvalue weighted by Crippen LogP contribution is 2.65. The van der Waals surface area contributed by atoms with Crippen molar-refractivity contribution in [3.8, 4) is 0 Å². The Labute approximate surface area is 177 Å². The van der Waals surface area contributed by atoms with Gasteiger partial charge < -0.3 is 4.74 Å². The first-order valence-electron chi connectivity index (χ1n) is 12.2. The number of rotatable bonds is 6. The summed E-state index contributed by atoms with van der Waals surface area (Å²) in [6.45, 7) is 8.53. The van der Waals surface area contributed by atoms with Gasteiger partial charge in [-0.1, -0.05) is 19.9 Å². The van der Waals surface area contributed by atoms with Crippen molar-refractivity contribution in [3.63, 3.8) is 0 Å². The first kappa shape index (κ1) is 21.1. The second kappa shape index (κ2) is 8.19. The molecule has 4 saturated carbocycles. The fraction of sp³-hybridized carbons (Fsp3) is 0.846. The minimum atomic E-state index is -0.0251. The van der Waals surface area contributed by atoms with Crippen LogP contribution in [-0.2, 0) is 14.3 Å². The summed E-state index contributed by atoms with van der Waals surface area (Å²) in [4.78, 5) is 24.8. The molecular weight excluding hydrogens is 360 g/mol. The van der Waals surface area contributed by atoms with Gasteiger partial charge in [0.1, 0.15) is 11.9 Å². The summed E-state index contributed by atoms with van der Waals surface area (Å²) in [5, 5.41) is 0. The Hall–Kier alpha value is -1.12. The van der Waals surface area contributed by atoms with Crippen LogP contribution in [0.1, 0.15) is 97.3 Å². The number of hydrogen-bond acceptors (Lipinski definition) is 3. The van der Waals surface area contributed by atoms with Gasteiger partial charge >= 0.3 is 5.97 Å². The molecule has 0 aromatic rings. The minimum Gasteiger partial charge on any atom is -0.462 e. The zero-order valence-electron chi connectivity index (χ0n) is 18.6. The lowest BCUT2D eigenvalue weighted by Gasteiger charge is -2.60. The number of carbonyl (C=O) groups is 2. The Morgan fingerprint density at radius 1 is 1.10 bits per heavy atom. The number of fused-ring (bicyclic) bond motifs is 5. The lowest BCUT2D eigenvalue weighted by atomic mass is 9.45. The van der Waals surface area contributed by atoms with Crippen LogP contribution in [0, 0.1) is 34.5 Å². The molecule has 0 saturated heterocycles. The van der Waals surface area contributed by atoms with Gasteiger partial charge in [0.15, 0.2) is 0 Å². The average molecular weight is 401 g/mol. The summed E-state index contributed by atoms with van der Waals surface area (Å²) in [7, 11) is 0. The topological polar surface area (TPSA) is 43.4 Å². The van der Waals surface area contributed by atoms with E-state index in [0.717, 1.165) is 63.2 Å². The maximum Gasteiger partial charge on any atom is 0.306 e. The van der Waals surface area contributed by atoms with Gasteiger partial charge in [-0.25, -0.2) is 0 Å². The van der Waals surface area contributed by atoms with E-state index < -0.39 is 0 Å². The molecule has 4 rings (SSSR count). The van der Waals surface area contributed by atoms with Crippen LogP contribution in [0.5, 0.6) is 0 Å². The molecule has 0 aromatic heterocycles. The third-order valence-electron chi connectivity index (χ3n) is 9.66. The quantitative estimate of drug-likeness (QED) is 0.300. The summed E-state index contributed by atoms with van der Waals surface area (Å²) in [5.74, 6) is 3.34. The van der Waals surface area contributed by atoms with Gasteiger partial charge in [0, 0.05) is 18.3 Å².